The van der Waals surface area contributed by atoms with E-state index in [4.69, 9.17) is 0 Å². The van der Waals surface area contributed by atoms with Crippen LogP contribution in [0.2, 0.25) is 0 Å². The van der Waals surface area contributed by atoms with Gasteiger partial charge >= 0.3 is 5.97 Å². The Morgan fingerprint density at radius 1 is 1.10 bits per heavy atom. The molecule has 0 aromatic heterocycles. The van der Waals surface area contributed by atoms with E-state index in [9.17, 15) is 14.7 Å². The molecule has 0 heterocycles. The molecule has 4 heteroatoms. The lowest BCUT2D eigenvalue weighted by atomic mass is 9.79. The van der Waals surface area contributed by atoms with Crippen LogP contribution in [0, 0.1) is 17.8 Å². The predicted octanol–water partition coefficient (Wildman–Crippen LogP) is 3.35. The molecular formula is C17H29NO3. The zero-order valence-electron chi connectivity index (χ0n) is 13.1. The van der Waals surface area contributed by atoms with Gasteiger partial charge in [0.2, 0.25) is 5.91 Å². The van der Waals surface area contributed by atoms with E-state index in [-0.39, 0.29) is 23.8 Å². The van der Waals surface area contributed by atoms with Gasteiger partial charge in [-0.3, -0.25) is 9.59 Å². The lowest BCUT2D eigenvalue weighted by Crippen LogP contribution is -2.43. The number of unbranched alkanes of at least 4 members (excludes halogenated alkanes) is 1. The summed E-state index contributed by atoms with van der Waals surface area (Å²) >= 11 is 0. The van der Waals surface area contributed by atoms with Gasteiger partial charge in [0.15, 0.2) is 0 Å². The van der Waals surface area contributed by atoms with Crippen molar-refractivity contribution in [3.05, 3.63) is 0 Å². The number of carboxylic acids is 1. The second-order valence-electron chi connectivity index (χ2n) is 6.85. The molecule has 0 radical (unpaired) electrons. The number of amides is 1. The summed E-state index contributed by atoms with van der Waals surface area (Å²) in [5.41, 5.74) is 0. The van der Waals surface area contributed by atoms with E-state index in [1.807, 2.05) is 0 Å². The molecule has 2 N–H and O–H groups in total. The van der Waals surface area contributed by atoms with Gasteiger partial charge < -0.3 is 10.4 Å². The van der Waals surface area contributed by atoms with Gasteiger partial charge in [-0.05, 0) is 44.4 Å². The van der Waals surface area contributed by atoms with Crippen molar-refractivity contribution in [3.8, 4) is 0 Å². The van der Waals surface area contributed by atoms with E-state index < -0.39 is 5.97 Å². The molecule has 120 valence electrons. The minimum Gasteiger partial charge on any atom is -0.481 e. The summed E-state index contributed by atoms with van der Waals surface area (Å²) in [5, 5.41) is 12.2. The fraction of sp³-hybridized carbons (Fsp3) is 0.882. The van der Waals surface area contributed by atoms with Gasteiger partial charge in [0, 0.05) is 12.0 Å². The van der Waals surface area contributed by atoms with Crippen molar-refractivity contribution >= 4 is 11.9 Å². The van der Waals surface area contributed by atoms with Gasteiger partial charge in [0.25, 0.3) is 0 Å². The van der Waals surface area contributed by atoms with Gasteiger partial charge in [0.05, 0.1) is 5.92 Å². The Bertz CT molecular complexity index is 361. The molecule has 2 unspecified atom stereocenters. The van der Waals surface area contributed by atoms with Crippen molar-refractivity contribution < 1.29 is 14.7 Å². The lowest BCUT2D eigenvalue weighted by molar-refractivity contribution is -0.142. The molecule has 2 aliphatic rings. The average molecular weight is 295 g/mol. The maximum Gasteiger partial charge on any atom is 0.308 e. The number of carbonyl (C=O) groups excluding carboxylic acids is 1. The molecule has 4 nitrogen and oxygen atoms in total. The Morgan fingerprint density at radius 2 is 1.81 bits per heavy atom. The van der Waals surface area contributed by atoms with Crippen LogP contribution in [0.3, 0.4) is 0 Å². The zero-order chi connectivity index (χ0) is 15.2. The Labute approximate surface area is 127 Å². The lowest BCUT2D eigenvalue weighted by Gasteiger charge is -2.29. The standard InChI is InChI=1S/C17H29NO3/c1-2-3-5-12-8-10-13(11-9-12)16(19)18-15-7-4-6-14(15)17(20)21/h12-15H,2-11H2,1H3,(H,18,19)(H,20,21). The second-order valence-corrected chi connectivity index (χ2v) is 6.85. The first kappa shape index (κ1) is 16.3. The monoisotopic (exact) mass is 295 g/mol. The Kier molecular flexibility index (Phi) is 6.07. The first-order valence-electron chi connectivity index (χ1n) is 8.65. The third-order valence-corrected chi connectivity index (χ3v) is 5.34. The first-order chi connectivity index (χ1) is 10.1. The molecule has 2 aliphatic carbocycles. The molecule has 0 aromatic carbocycles. The predicted molar refractivity (Wildman–Crippen MR) is 81.9 cm³/mol. The molecule has 0 aromatic rings. The van der Waals surface area contributed by atoms with Crippen LogP contribution in [-0.4, -0.2) is 23.0 Å². The third-order valence-electron chi connectivity index (χ3n) is 5.34. The fourth-order valence-corrected chi connectivity index (χ4v) is 3.94. The summed E-state index contributed by atoms with van der Waals surface area (Å²) in [4.78, 5) is 23.5. The van der Waals surface area contributed by atoms with Crippen LogP contribution in [0.15, 0.2) is 0 Å². The van der Waals surface area contributed by atoms with Gasteiger partial charge in [-0.25, -0.2) is 0 Å². The van der Waals surface area contributed by atoms with Gasteiger partial charge in [-0.15, -0.1) is 0 Å². The van der Waals surface area contributed by atoms with Crippen molar-refractivity contribution in [3.63, 3.8) is 0 Å². The Hall–Kier alpha value is -1.06. The Balaban J connectivity index is 1.76. The number of hydrogen-bond acceptors (Lipinski definition) is 2. The molecule has 2 saturated carbocycles. The SMILES string of the molecule is CCCCC1CCC(C(=O)NC2CCCC2C(=O)O)CC1. The van der Waals surface area contributed by atoms with Crippen LogP contribution in [0.1, 0.15) is 71.1 Å². The molecule has 2 atom stereocenters. The van der Waals surface area contributed by atoms with E-state index in [0.717, 1.165) is 44.4 Å². The summed E-state index contributed by atoms with van der Waals surface area (Å²) in [6, 6.07) is -0.146. The van der Waals surface area contributed by atoms with Crippen molar-refractivity contribution in [1.82, 2.24) is 5.32 Å². The molecule has 0 spiro atoms. The highest BCUT2D eigenvalue weighted by Gasteiger charge is 2.35. The van der Waals surface area contributed by atoms with Crippen LogP contribution in [0.5, 0.6) is 0 Å². The number of hydrogen-bond donors (Lipinski definition) is 2. The van der Waals surface area contributed by atoms with E-state index in [0.29, 0.717) is 6.42 Å². The number of aliphatic carboxylic acids is 1. The van der Waals surface area contributed by atoms with Crippen LogP contribution in [0.4, 0.5) is 0 Å². The number of carboxylic acid groups (broad SMARTS) is 1. The molecule has 2 rings (SSSR count). The summed E-state index contributed by atoms with van der Waals surface area (Å²) in [5.74, 6) is -0.136. The van der Waals surface area contributed by atoms with E-state index in [1.54, 1.807) is 0 Å². The van der Waals surface area contributed by atoms with Gasteiger partial charge in [-0.2, -0.15) is 0 Å². The summed E-state index contributed by atoms with van der Waals surface area (Å²) in [7, 11) is 0. The van der Waals surface area contributed by atoms with Gasteiger partial charge in [0.1, 0.15) is 0 Å². The summed E-state index contributed by atoms with van der Waals surface area (Å²) in [6.07, 6.45) is 10.5. The van der Waals surface area contributed by atoms with Crippen molar-refractivity contribution in [2.45, 2.75) is 77.2 Å². The molecule has 1 amide bonds. The van der Waals surface area contributed by atoms with E-state index >= 15 is 0 Å². The molecule has 2 fully saturated rings. The second kappa shape index (κ2) is 7.81. The third kappa shape index (κ3) is 4.45. The molecule has 21 heavy (non-hydrogen) atoms. The van der Waals surface area contributed by atoms with Crippen LogP contribution < -0.4 is 5.32 Å². The van der Waals surface area contributed by atoms with Crippen LogP contribution >= 0.6 is 0 Å². The average Bonchev–Trinajstić information content (AvgIpc) is 2.94. The van der Waals surface area contributed by atoms with Crippen LogP contribution in [-0.2, 0) is 9.59 Å². The highest BCUT2D eigenvalue weighted by atomic mass is 16.4. The van der Waals surface area contributed by atoms with Gasteiger partial charge in [-0.1, -0.05) is 32.6 Å². The normalized spacial score (nSPS) is 32.8. The smallest absolute Gasteiger partial charge is 0.308 e. The topological polar surface area (TPSA) is 66.4 Å². The van der Waals surface area contributed by atoms with Crippen LogP contribution in [0.25, 0.3) is 0 Å². The minimum atomic E-state index is -0.763. The maximum atomic E-state index is 12.3. The molecule has 0 saturated heterocycles. The van der Waals surface area contributed by atoms with Crippen molar-refractivity contribution in [1.29, 1.82) is 0 Å². The molecular weight excluding hydrogens is 266 g/mol. The number of rotatable bonds is 6. The largest absolute Gasteiger partial charge is 0.481 e. The number of nitrogens with one attached hydrogen (secondary N) is 1. The molecule has 0 bridgehead atoms. The van der Waals surface area contributed by atoms with Crippen molar-refractivity contribution in [2.75, 3.05) is 0 Å². The zero-order valence-corrected chi connectivity index (χ0v) is 13.1. The highest BCUT2D eigenvalue weighted by molar-refractivity contribution is 5.80. The summed E-state index contributed by atoms with van der Waals surface area (Å²) in [6.45, 7) is 2.22. The Morgan fingerprint density at radius 3 is 2.43 bits per heavy atom. The van der Waals surface area contributed by atoms with Crippen molar-refractivity contribution in [2.24, 2.45) is 17.8 Å². The van der Waals surface area contributed by atoms with E-state index in [1.165, 1.54) is 19.3 Å². The quantitative estimate of drug-likeness (QED) is 0.789. The fourth-order valence-electron chi connectivity index (χ4n) is 3.94. The maximum absolute atomic E-state index is 12.3. The number of carbonyl (C=O) groups is 2. The minimum absolute atomic E-state index is 0.0992. The highest BCUT2D eigenvalue weighted by Crippen LogP contribution is 2.33. The van der Waals surface area contributed by atoms with E-state index in [2.05, 4.69) is 12.2 Å². The summed E-state index contributed by atoms with van der Waals surface area (Å²) < 4.78 is 0. The molecule has 0 aliphatic heterocycles. The first-order valence-corrected chi connectivity index (χ1v) is 8.65.